The summed E-state index contributed by atoms with van der Waals surface area (Å²) in [6.07, 6.45) is -0.689. The van der Waals surface area contributed by atoms with Crippen molar-refractivity contribution in [1.29, 1.82) is 5.26 Å². The Morgan fingerprint density at radius 2 is 2.14 bits per heavy atom. The Hall–Kier alpha value is -1.57. The molecular formula is C10H12N2O2. The summed E-state index contributed by atoms with van der Waals surface area (Å²) in [5.41, 5.74) is 6.47. The highest BCUT2D eigenvalue weighted by Gasteiger charge is 2.13. The van der Waals surface area contributed by atoms with Crippen molar-refractivity contribution in [1.82, 2.24) is 0 Å². The lowest BCUT2D eigenvalue weighted by Crippen LogP contribution is -2.23. The number of phenolic OH excluding ortho intramolecular Hbond substituents is 1. The Balaban J connectivity index is 3.08. The molecule has 1 aromatic rings. The minimum absolute atomic E-state index is 0.0750. The highest BCUT2D eigenvalue weighted by molar-refractivity contribution is 5.45. The molecule has 0 spiro atoms. The Kier molecular flexibility index (Phi) is 3.07. The largest absolute Gasteiger partial charge is 0.507 e. The van der Waals surface area contributed by atoms with Crippen LogP contribution in [0.15, 0.2) is 18.2 Å². The number of benzene rings is 1. The maximum Gasteiger partial charge on any atom is 0.133 e. The second kappa shape index (κ2) is 4.09. The fourth-order valence-corrected chi connectivity index (χ4v) is 1.13. The molecule has 4 nitrogen and oxygen atoms in total. The summed E-state index contributed by atoms with van der Waals surface area (Å²) < 4.78 is 0. The van der Waals surface area contributed by atoms with Crippen LogP contribution in [-0.4, -0.2) is 16.3 Å². The van der Waals surface area contributed by atoms with Crippen molar-refractivity contribution in [3.63, 3.8) is 0 Å². The van der Waals surface area contributed by atoms with Crippen LogP contribution in [0.1, 0.15) is 24.1 Å². The molecule has 0 aliphatic carbocycles. The van der Waals surface area contributed by atoms with Gasteiger partial charge in [-0.05, 0) is 24.6 Å². The summed E-state index contributed by atoms with van der Waals surface area (Å²) in [7, 11) is 0. The van der Waals surface area contributed by atoms with Crippen molar-refractivity contribution in [3.8, 4) is 11.8 Å². The van der Waals surface area contributed by atoms with Gasteiger partial charge in [0.15, 0.2) is 0 Å². The molecule has 1 rings (SSSR count). The number of aliphatic hydroxyl groups is 1. The van der Waals surface area contributed by atoms with Gasteiger partial charge in [0.1, 0.15) is 11.8 Å². The lowest BCUT2D eigenvalue weighted by Gasteiger charge is -2.15. The molecule has 0 bridgehead atoms. The number of aliphatic hydroxyl groups excluding tert-OH is 1. The molecule has 0 heterocycles. The van der Waals surface area contributed by atoms with E-state index in [1.807, 2.05) is 6.07 Å². The van der Waals surface area contributed by atoms with Crippen molar-refractivity contribution in [2.24, 2.45) is 5.73 Å². The zero-order chi connectivity index (χ0) is 10.7. The number of hydrogen-bond acceptors (Lipinski definition) is 4. The number of aromatic hydroxyl groups is 1. The molecule has 0 aromatic heterocycles. The first-order chi connectivity index (χ1) is 6.56. The van der Waals surface area contributed by atoms with E-state index in [0.29, 0.717) is 5.56 Å². The maximum absolute atomic E-state index is 9.24. The van der Waals surface area contributed by atoms with E-state index in [9.17, 15) is 10.2 Å². The Bertz CT molecular complexity index is 369. The van der Waals surface area contributed by atoms with Gasteiger partial charge in [-0.2, -0.15) is 5.26 Å². The quantitative estimate of drug-likeness (QED) is 0.641. The summed E-state index contributed by atoms with van der Waals surface area (Å²) >= 11 is 0. The molecule has 14 heavy (non-hydrogen) atoms. The van der Waals surface area contributed by atoms with Gasteiger partial charge in [-0.1, -0.05) is 6.07 Å². The van der Waals surface area contributed by atoms with E-state index in [2.05, 4.69) is 0 Å². The lowest BCUT2D eigenvalue weighted by molar-refractivity contribution is 0.164. The maximum atomic E-state index is 9.24. The molecular weight excluding hydrogens is 180 g/mol. The monoisotopic (exact) mass is 192 g/mol. The SMILES string of the molecule is C[C@H](O)[C@@H](N)c1ccc(O)c(C#N)c1. The number of phenols is 1. The third-order valence-corrected chi connectivity index (χ3v) is 2.05. The van der Waals surface area contributed by atoms with Crippen LogP contribution in [0.3, 0.4) is 0 Å². The molecule has 4 heteroatoms. The molecule has 4 N–H and O–H groups in total. The number of nitrogens with two attached hydrogens (primary N) is 1. The molecule has 74 valence electrons. The third-order valence-electron chi connectivity index (χ3n) is 2.05. The summed E-state index contributed by atoms with van der Waals surface area (Å²) in [4.78, 5) is 0. The summed E-state index contributed by atoms with van der Waals surface area (Å²) in [5, 5.41) is 27.1. The van der Waals surface area contributed by atoms with E-state index in [-0.39, 0.29) is 11.3 Å². The van der Waals surface area contributed by atoms with E-state index in [1.165, 1.54) is 12.1 Å². The topological polar surface area (TPSA) is 90.3 Å². The van der Waals surface area contributed by atoms with E-state index in [0.717, 1.165) is 0 Å². The minimum atomic E-state index is -0.689. The second-order valence-electron chi connectivity index (χ2n) is 3.15. The number of hydrogen-bond donors (Lipinski definition) is 3. The van der Waals surface area contributed by atoms with Gasteiger partial charge in [0.05, 0.1) is 17.7 Å². The Morgan fingerprint density at radius 3 is 2.64 bits per heavy atom. The van der Waals surface area contributed by atoms with Crippen molar-refractivity contribution in [2.45, 2.75) is 19.1 Å². The third kappa shape index (κ3) is 2.02. The summed E-state index contributed by atoms with van der Waals surface area (Å²) in [6, 6.07) is 5.77. The average molecular weight is 192 g/mol. The smallest absolute Gasteiger partial charge is 0.133 e. The van der Waals surface area contributed by atoms with E-state index < -0.39 is 12.1 Å². The van der Waals surface area contributed by atoms with Gasteiger partial charge >= 0.3 is 0 Å². The highest BCUT2D eigenvalue weighted by atomic mass is 16.3. The minimum Gasteiger partial charge on any atom is -0.507 e. The van der Waals surface area contributed by atoms with Crippen molar-refractivity contribution in [2.75, 3.05) is 0 Å². The van der Waals surface area contributed by atoms with Crippen LogP contribution in [0, 0.1) is 11.3 Å². The van der Waals surface area contributed by atoms with Gasteiger partial charge in [0.25, 0.3) is 0 Å². The van der Waals surface area contributed by atoms with Crippen LogP contribution in [0.2, 0.25) is 0 Å². The molecule has 0 saturated heterocycles. The van der Waals surface area contributed by atoms with E-state index in [4.69, 9.17) is 11.0 Å². The molecule has 0 saturated carbocycles. The molecule has 1 aromatic carbocycles. The molecule has 0 aliphatic heterocycles. The normalized spacial score (nSPS) is 14.4. The Labute approximate surface area is 82.2 Å². The molecule has 0 aliphatic rings. The summed E-state index contributed by atoms with van der Waals surface area (Å²) in [5.74, 6) is -0.0750. The van der Waals surface area contributed by atoms with E-state index in [1.54, 1.807) is 13.0 Å². The predicted octanol–water partition coefficient (Wildman–Crippen LogP) is 0.644. The first kappa shape index (κ1) is 10.5. The zero-order valence-corrected chi connectivity index (χ0v) is 7.81. The number of rotatable bonds is 2. The van der Waals surface area contributed by atoms with Crippen LogP contribution >= 0.6 is 0 Å². The Morgan fingerprint density at radius 1 is 1.50 bits per heavy atom. The van der Waals surface area contributed by atoms with Gasteiger partial charge in [-0.25, -0.2) is 0 Å². The predicted molar refractivity (Wildman–Crippen MR) is 51.4 cm³/mol. The fraction of sp³-hybridized carbons (Fsp3) is 0.300. The van der Waals surface area contributed by atoms with E-state index >= 15 is 0 Å². The van der Waals surface area contributed by atoms with Gasteiger partial charge in [-0.15, -0.1) is 0 Å². The van der Waals surface area contributed by atoms with Crippen LogP contribution < -0.4 is 5.73 Å². The van der Waals surface area contributed by atoms with Gasteiger partial charge in [-0.3, -0.25) is 0 Å². The first-order valence-corrected chi connectivity index (χ1v) is 4.23. The van der Waals surface area contributed by atoms with Gasteiger partial charge in [0, 0.05) is 0 Å². The van der Waals surface area contributed by atoms with Crippen LogP contribution in [0.5, 0.6) is 5.75 Å². The lowest BCUT2D eigenvalue weighted by atomic mass is 10.0. The average Bonchev–Trinajstić information content (AvgIpc) is 2.17. The molecule has 0 radical (unpaired) electrons. The molecule has 0 fully saturated rings. The molecule has 0 amide bonds. The van der Waals surface area contributed by atoms with Crippen molar-refractivity contribution >= 4 is 0 Å². The van der Waals surface area contributed by atoms with Crippen LogP contribution in [-0.2, 0) is 0 Å². The molecule has 0 unspecified atom stereocenters. The standard InChI is InChI=1S/C10H12N2O2/c1-6(13)10(12)7-2-3-9(14)8(4-7)5-11/h2-4,6,10,13-14H,12H2,1H3/t6-,10+/m0/s1. The number of nitriles is 1. The van der Waals surface area contributed by atoms with Crippen molar-refractivity contribution in [3.05, 3.63) is 29.3 Å². The van der Waals surface area contributed by atoms with Crippen LogP contribution in [0.4, 0.5) is 0 Å². The number of nitrogens with zero attached hydrogens (tertiary/aromatic N) is 1. The first-order valence-electron chi connectivity index (χ1n) is 4.23. The molecule has 2 atom stereocenters. The van der Waals surface area contributed by atoms with Gasteiger partial charge < -0.3 is 15.9 Å². The summed E-state index contributed by atoms with van der Waals surface area (Å²) in [6.45, 7) is 1.57. The highest BCUT2D eigenvalue weighted by Crippen LogP contribution is 2.22. The fourth-order valence-electron chi connectivity index (χ4n) is 1.13. The zero-order valence-electron chi connectivity index (χ0n) is 7.81. The second-order valence-corrected chi connectivity index (χ2v) is 3.15. The van der Waals surface area contributed by atoms with Crippen LogP contribution in [0.25, 0.3) is 0 Å². The van der Waals surface area contributed by atoms with Gasteiger partial charge in [0.2, 0.25) is 0 Å². The van der Waals surface area contributed by atoms with Crippen molar-refractivity contribution < 1.29 is 10.2 Å².